The SMILES string of the molecule is C=C/C=C/[C@@H](O)CC(=C)C[C@H]1O[C@@H]([C@H](O)[C@@]2(O)C[C@H](O)[C@@H](C)[C@@H](CCCC=P(c3ccccc3)(c3ccccc3)c3ccccc3)O2)[C@H](C)[C@@H](O)[C@@H]1O. The van der Waals surface area contributed by atoms with Crippen LogP contribution in [0.15, 0.2) is 128 Å². The van der Waals surface area contributed by atoms with Crippen LogP contribution in [0.1, 0.15) is 52.4 Å². The lowest BCUT2D eigenvalue weighted by Gasteiger charge is -2.50. The lowest BCUT2D eigenvalue weighted by atomic mass is 9.78. The van der Waals surface area contributed by atoms with Crippen molar-refractivity contribution in [2.24, 2.45) is 11.8 Å². The van der Waals surface area contributed by atoms with Crippen molar-refractivity contribution < 1.29 is 40.1 Å². The van der Waals surface area contributed by atoms with Crippen LogP contribution >= 0.6 is 6.89 Å². The number of allylic oxidation sites excluding steroid dienone is 2. The second kappa shape index (κ2) is 18.5. The maximum absolute atomic E-state index is 11.9. The van der Waals surface area contributed by atoms with Gasteiger partial charge >= 0.3 is 0 Å². The molecule has 8 nitrogen and oxygen atoms in total. The number of rotatable bonds is 15. The van der Waals surface area contributed by atoms with E-state index in [9.17, 15) is 30.6 Å². The normalized spacial score (nSPS) is 30.4. The molecule has 53 heavy (non-hydrogen) atoms. The van der Waals surface area contributed by atoms with Gasteiger partial charge in [-0.3, -0.25) is 0 Å². The van der Waals surface area contributed by atoms with Crippen LogP contribution in [0.4, 0.5) is 0 Å². The van der Waals surface area contributed by atoms with Crippen LogP contribution in [0.2, 0.25) is 0 Å². The highest BCUT2D eigenvalue weighted by Crippen LogP contribution is 2.45. The lowest BCUT2D eigenvalue weighted by molar-refractivity contribution is -0.350. The van der Waals surface area contributed by atoms with Gasteiger partial charge in [0.05, 0.1) is 36.6 Å². The molecular formula is C44H57O8P. The average Bonchev–Trinajstić information content (AvgIpc) is 3.17. The van der Waals surface area contributed by atoms with Crippen molar-refractivity contribution in [3.05, 3.63) is 128 Å². The summed E-state index contributed by atoms with van der Waals surface area (Å²) in [6.07, 6.45) is -1.79. The minimum absolute atomic E-state index is 0.115. The molecule has 0 aromatic heterocycles. The van der Waals surface area contributed by atoms with Gasteiger partial charge in [-0.05, 0) is 54.9 Å². The van der Waals surface area contributed by atoms with E-state index in [1.807, 2.05) is 25.1 Å². The molecule has 0 spiro atoms. The monoisotopic (exact) mass is 744 g/mol. The van der Waals surface area contributed by atoms with Crippen molar-refractivity contribution in [3.8, 4) is 0 Å². The van der Waals surface area contributed by atoms with Gasteiger partial charge in [-0.1, -0.05) is 148 Å². The maximum Gasteiger partial charge on any atom is 0.197 e. The molecule has 3 aromatic carbocycles. The zero-order valence-corrected chi connectivity index (χ0v) is 31.7. The summed E-state index contributed by atoms with van der Waals surface area (Å²) in [5, 5.41) is 70.8. The second-order valence-electron chi connectivity index (χ2n) is 14.7. The summed E-state index contributed by atoms with van der Waals surface area (Å²) in [5.41, 5.74) is 0.581. The van der Waals surface area contributed by atoms with Crippen molar-refractivity contribution in [2.75, 3.05) is 0 Å². The predicted molar refractivity (Wildman–Crippen MR) is 214 cm³/mol. The molecule has 0 radical (unpaired) electrons. The summed E-state index contributed by atoms with van der Waals surface area (Å²) >= 11 is 0. The Bertz CT molecular complexity index is 1590. The van der Waals surface area contributed by atoms with E-state index in [0.29, 0.717) is 18.4 Å². The number of aliphatic hydroxyl groups excluding tert-OH is 5. The summed E-state index contributed by atoms with van der Waals surface area (Å²) in [6, 6.07) is 31.8. The van der Waals surface area contributed by atoms with Crippen LogP contribution in [0.5, 0.6) is 0 Å². The van der Waals surface area contributed by atoms with Gasteiger partial charge in [-0.15, -0.1) is 0 Å². The maximum atomic E-state index is 11.9. The van der Waals surface area contributed by atoms with Gasteiger partial charge in [-0.25, -0.2) is 0 Å². The quantitative estimate of drug-likeness (QED) is 0.0585. The first-order valence-electron chi connectivity index (χ1n) is 18.7. The number of hydrogen-bond acceptors (Lipinski definition) is 8. The Hall–Kier alpha value is -3.14. The highest BCUT2D eigenvalue weighted by molar-refractivity contribution is 7.94. The molecule has 0 unspecified atom stereocenters. The average molecular weight is 745 g/mol. The third-order valence-electron chi connectivity index (χ3n) is 11.0. The Kier molecular flexibility index (Phi) is 14.3. The molecular weight excluding hydrogens is 687 g/mol. The highest BCUT2D eigenvalue weighted by atomic mass is 31.2. The predicted octanol–water partition coefficient (Wildman–Crippen LogP) is 4.35. The molecule has 6 N–H and O–H groups in total. The van der Waals surface area contributed by atoms with Gasteiger partial charge in [0.1, 0.15) is 12.2 Å². The minimum Gasteiger partial charge on any atom is -0.393 e. The summed E-state index contributed by atoms with van der Waals surface area (Å²) < 4.78 is 12.5. The van der Waals surface area contributed by atoms with E-state index in [2.05, 4.69) is 91.8 Å². The van der Waals surface area contributed by atoms with Gasteiger partial charge < -0.3 is 40.1 Å². The third-order valence-corrected chi connectivity index (χ3v) is 15.1. The largest absolute Gasteiger partial charge is 0.393 e. The first kappa shape index (κ1) is 41.0. The van der Waals surface area contributed by atoms with Gasteiger partial charge in [0, 0.05) is 18.3 Å². The molecule has 5 rings (SSSR count). The molecule has 0 amide bonds. The number of hydrogen-bond donors (Lipinski definition) is 6. The first-order valence-corrected chi connectivity index (χ1v) is 20.6. The highest BCUT2D eigenvalue weighted by Gasteiger charge is 2.55. The molecule has 2 saturated heterocycles. The van der Waals surface area contributed by atoms with Gasteiger partial charge in [-0.2, -0.15) is 0 Å². The van der Waals surface area contributed by atoms with E-state index < -0.39 is 67.4 Å². The fourth-order valence-corrected chi connectivity index (χ4v) is 11.9. The van der Waals surface area contributed by atoms with Crippen molar-refractivity contribution >= 4 is 28.6 Å². The van der Waals surface area contributed by atoms with Crippen molar-refractivity contribution in [3.63, 3.8) is 0 Å². The molecule has 2 aliphatic heterocycles. The first-order chi connectivity index (χ1) is 25.4. The number of benzene rings is 3. The molecule has 3 aromatic rings. The molecule has 9 heteroatoms. The molecule has 2 fully saturated rings. The molecule has 2 heterocycles. The molecule has 11 atom stereocenters. The van der Waals surface area contributed by atoms with E-state index in [1.165, 1.54) is 15.9 Å². The smallest absolute Gasteiger partial charge is 0.197 e. The molecule has 286 valence electrons. The minimum atomic E-state index is -2.16. The molecule has 0 aliphatic carbocycles. The van der Waals surface area contributed by atoms with Crippen LogP contribution in [0.3, 0.4) is 0 Å². The van der Waals surface area contributed by atoms with Crippen LogP contribution in [0.25, 0.3) is 0 Å². The molecule has 0 bridgehead atoms. The molecule has 0 saturated carbocycles. The molecule has 2 aliphatic rings. The Labute approximate surface area is 314 Å². The standard InChI is InChI=1S/C44H57O8P/c1-5-6-18-33(45)27-30(2)28-39-41(48)40(47)32(4)42(51-39)43(49)44(50)29-37(46)31(3)38(52-44)25-16-17-26-53(34-19-10-7-11-20-34,35-21-12-8-13-22-35)36-23-14-9-15-24-36/h5-15,18-24,26,31-33,37-43,45-50H,1-2,16-17,25,27-29H2,3-4H3/b18-6+/t31-,32-,33-,37+,38-,39-,40-,41-,42-,43+,44-/m1/s1. The summed E-state index contributed by atoms with van der Waals surface area (Å²) in [7, 11) is 0. The Morgan fingerprint density at radius 2 is 1.40 bits per heavy atom. The zero-order valence-electron chi connectivity index (χ0n) is 30.8. The van der Waals surface area contributed by atoms with E-state index in [0.717, 1.165) is 6.42 Å². The zero-order chi connectivity index (χ0) is 38.2. The second-order valence-corrected chi connectivity index (χ2v) is 18.1. The number of unbranched alkanes of at least 4 members (excludes halogenated alkanes) is 1. The van der Waals surface area contributed by atoms with E-state index in [4.69, 9.17) is 9.47 Å². The van der Waals surface area contributed by atoms with Crippen LogP contribution in [-0.4, -0.2) is 91.1 Å². The van der Waals surface area contributed by atoms with E-state index >= 15 is 0 Å². The Balaban J connectivity index is 1.33. The van der Waals surface area contributed by atoms with Crippen LogP contribution in [0, 0.1) is 11.8 Å². The summed E-state index contributed by atoms with van der Waals surface area (Å²) in [4.78, 5) is 0. The number of ether oxygens (including phenoxy) is 2. The van der Waals surface area contributed by atoms with Crippen LogP contribution in [-0.2, 0) is 9.47 Å². The lowest BCUT2D eigenvalue weighted by Crippen LogP contribution is -2.65. The number of aliphatic hydroxyl groups is 6. The van der Waals surface area contributed by atoms with E-state index in [-0.39, 0.29) is 25.2 Å². The fourth-order valence-electron chi connectivity index (χ4n) is 7.88. The van der Waals surface area contributed by atoms with Gasteiger partial charge in [0.25, 0.3) is 0 Å². The van der Waals surface area contributed by atoms with Crippen LogP contribution < -0.4 is 15.9 Å². The van der Waals surface area contributed by atoms with Gasteiger partial charge in [0.2, 0.25) is 0 Å². The van der Waals surface area contributed by atoms with Gasteiger partial charge in [0.15, 0.2) is 5.79 Å². The van der Waals surface area contributed by atoms with Crippen molar-refractivity contribution in [2.45, 2.75) is 107 Å². The van der Waals surface area contributed by atoms with Crippen molar-refractivity contribution in [1.82, 2.24) is 0 Å². The third kappa shape index (κ3) is 9.40. The Morgan fingerprint density at radius 3 is 1.92 bits per heavy atom. The Morgan fingerprint density at radius 1 is 0.849 bits per heavy atom. The van der Waals surface area contributed by atoms with E-state index in [1.54, 1.807) is 25.2 Å². The fraction of sp³-hybridized carbons (Fsp3) is 0.432. The topological polar surface area (TPSA) is 140 Å². The summed E-state index contributed by atoms with van der Waals surface area (Å²) in [6.45, 7) is 8.99. The van der Waals surface area contributed by atoms with Crippen molar-refractivity contribution in [1.29, 1.82) is 0 Å². The summed E-state index contributed by atoms with van der Waals surface area (Å²) in [5.74, 6) is -0.795.